The molecule has 1 heterocycles. The zero-order chi connectivity index (χ0) is 22.2. The van der Waals surface area contributed by atoms with Gasteiger partial charge in [0.05, 0.1) is 21.8 Å². The summed E-state index contributed by atoms with van der Waals surface area (Å²) in [5.74, 6) is -2.41. The topological polar surface area (TPSA) is 121 Å². The largest absolute Gasteiger partial charge is 0.478 e. The lowest BCUT2D eigenvalue weighted by molar-refractivity contribution is 0.0696. The summed E-state index contributed by atoms with van der Waals surface area (Å²) >= 11 is 0. The standard InChI is InChI=1S/C22H16FN3O4S/c23-19-10-18(21-25-6-1-7-26-21)16(8-15(19)11-24)12-31(29,30)20-9-14(22(27)28)4-5-17(20)13-2-3-13/h1,4-10,13H,2-3,12H2,(H,27,28). The third-order valence-electron chi connectivity index (χ3n) is 5.08. The Morgan fingerprint density at radius 1 is 1.19 bits per heavy atom. The van der Waals surface area contributed by atoms with E-state index in [0.29, 0.717) is 5.56 Å². The summed E-state index contributed by atoms with van der Waals surface area (Å²) in [6.07, 6.45) is 4.54. The maximum Gasteiger partial charge on any atom is 0.335 e. The van der Waals surface area contributed by atoms with E-state index in [4.69, 9.17) is 0 Å². The van der Waals surface area contributed by atoms with E-state index in [0.717, 1.165) is 18.9 Å². The van der Waals surface area contributed by atoms with Gasteiger partial charge >= 0.3 is 5.97 Å². The molecule has 0 amide bonds. The number of hydrogen-bond acceptors (Lipinski definition) is 6. The summed E-state index contributed by atoms with van der Waals surface area (Å²) in [6.45, 7) is 0. The number of halogens is 1. The second-order valence-electron chi connectivity index (χ2n) is 7.26. The predicted octanol–water partition coefficient (Wildman–Crippen LogP) is 3.70. The van der Waals surface area contributed by atoms with Crippen molar-refractivity contribution in [3.05, 3.63) is 76.9 Å². The molecule has 0 saturated heterocycles. The number of hydrogen-bond donors (Lipinski definition) is 1. The van der Waals surface area contributed by atoms with Crippen molar-refractivity contribution in [1.82, 2.24) is 9.97 Å². The van der Waals surface area contributed by atoms with Crippen molar-refractivity contribution in [3.63, 3.8) is 0 Å². The van der Waals surface area contributed by atoms with Crippen molar-refractivity contribution in [3.8, 4) is 17.5 Å². The average Bonchev–Trinajstić information content (AvgIpc) is 3.60. The quantitative estimate of drug-likeness (QED) is 0.624. The van der Waals surface area contributed by atoms with Crippen LogP contribution in [-0.4, -0.2) is 29.5 Å². The van der Waals surface area contributed by atoms with Crippen molar-refractivity contribution in [2.45, 2.75) is 29.4 Å². The number of benzene rings is 2. The third kappa shape index (κ3) is 4.15. The first-order valence-corrected chi connectivity index (χ1v) is 11.1. The Morgan fingerprint density at radius 2 is 1.90 bits per heavy atom. The zero-order valence-electron chi connectivity index (χ0n) is 16.1. The second-order valence-corrected chi connectivity index (χ2v) is 9.22. The maximum atomic E-state index is 14.3. The molecular weight excluding hydrogens is 421 g/mol. The maximum absolute atomic E-state index is 14.3. The summed E-state index contributed by atoms with van der Waals surface area (Å²) in [6, 6.07) is 9.61. The van der Waals surface area contributed by atoms with Gasteiger partial charge in [0.25, 0.3) is 0 Å². The van der Waals surface area contributed by atoms with Crippen LogP contribution in [0.25, 0.3) is 11.4 Å². The van der Waals surface area contributed by atoms with Crippen LogP contribution in [0, 0.1) is 17.1 Å². The van der Waals surface area contributed by atoms with Gasteiger partial charge in [0.1, 0.15) is 11.9 Å². The molecule has 1 aliphatic rings. The van der Waals surface area contributed by atoms with Gasteiger partial charge in [-0.05, 0) is 60.2 Å². The molecule has 0 aliphatic heterocycles. The molecule has 1 saturated carbocycles. The smallest absolute Gasteiger partial charge is 0.335 e. The highest BCUT2D eigenvalue weighted by Crippen LogP contribution is 2.44. The first-order valence-electron chi connectivity index (χ1n) is 9.40. The van der Waals surface area contributed by atoms with Gasteiger partial charge in [0.15, 0.2) is 15.7 Å². The number of rotatable bonds is 6. The number of nitrogens with zero attached hydrogens (tertiary/aromatic N) is 3. The molecule has 0 atom stereocenters. The van der Waals surface area contributed by atoms with E-state index in [2.05, 4.69) is 9.97 Å². The first-order chi connectivity index (χ1) is 14.8. The van der Waals surface area contributed by atoms with E-state index < -0.39 is 27.4 Å². The van der Waals surface area contributed by atoms with E-state index in [1.807, 2.05) is 0 Å². The molecule has 7 nitrogen and oxygen atoms in total. The van der Waals surface area contributed by atoms with Crippen LogP contribution >= 0.6 is 0 Å². The van der Waals surface area contributed by atoms with Crippen LogP contribution in [0.1, 0.15) is 45.8 Å². The number of carboxylic acids is 1. The number of nitriles is 1. The first kappa shape index (κ1) is 20.6. The number of sulfone groups is 1. The Morgan fingerprint density at radius 3 is 2.52 bits per heavy atom. The summed E-state index contributed by atoms with van der Waals surface area (Å²) in [4.78, 5) is 19.5. The van der Waals surface area contributed by atoms with Gasteiger partial charge in [0.2, 0.25) is 0 Å². The second kappa shape index (κ2) is 7.89. The van der Waals surface area contributed by atoms with Gasteiger partial charge in [-0.15, -0.1) is 0 Å². The lowest BCUT2D eigenvalue weighted by atomic mass is 10.0. The molecular formula is C22H16FN3O4S. The van der Waals surface area contributed by atoms with Crippen LogP contribution in [-0.2, 0) is 15.6 Å². The molecule has 0 radical (unpaired) electrons. The predicted molar refractivity (Wildman–Crippen MR) is 108 cm³/mol. The van der Waals surface area contributed by atoms with Gasteiger partial charge in [-0.3, -0.25) is 0 Å². The molecule has 0 unspecified atom stereocenters. The number of aromatic carboxylic acids is 1. The molecule has 1 fully saturated rings. The summed E-state index contributed by atoms with van der Waals surface area (Å²) in [5, 5.41) is 18.5. The molecule has 0 bridgehead atoms. The highest BCUT2D eigenvalue weighted by atomic mass is 32.2. The molecule has 156 valence electrons. The van der Waals surface area contributed by atoms with Crippen LogP contribution in [0.5, 0.6) is 0 Å². The third-order valence-corrected chi connectivity index (χ3v) is 6.79. The molecule has 9 heteroatoms. The van der Waals surface area contributed by atoms with Crippen LogP contribution in [0.2, 0.25) is 0 Å². The molecule has 0 spiro atoms. The van der Waals surface area contributed by atoms with E-state index in [1.165, 1.54) is 30.6 Å². The fourth-order valence-electron chi connectivity index (χ4n) is 3.42. The molecule has 31 heavy (non-hydrogen) atoms. The number of carbonyl (C=O) groups is 1. The fraction of sp³-hybridized carbons (Fsp3) is 0.182. The summed E-state index contributed by atoms with van der Waals surface area (Å²) in [5.41, 5.74) is 0.456. The lowest BCUT2D eigenvalue weighted by Gasteiger charge is -2.14. The minimum atomic E-state index is -4.02. The van der Waals surface area contributed by atoms with Crippen LogP contribution in [0.15, 0.2) is 53.7 Å². The van der Waals surface area contributed by atoms with Crippen molar-refractivity contribution >= 4 is 15.8 Å². The number of carboxylic acid groups (broad SMARTS) is 1. The van der Waals surface area contributed by atoms with Crippen LogP contribution < -0.4 is 0 Å². The molecule has 1 aromatic heterocycles. The minimum Gasteiger partial charge on any atom is -0.478 e. The normalized spacial score (nSPS) is 13.5. The van der Waals surface area contributed by atoms with Gasteiger partial charge < -0.3 is 5.11 Å². The Labute approximate surface area is 177 Å². The van der Waals surface area contributed by atoms with Crippen molar-refractivity contribution in [1.29, 1.82) is 5.26 Å². The van der Waals surface area contributed by atoms with Gasteiger partial charge in [0, 0.05) is 18.0 Å². The van der Waals surface area contributed by atoms with Crippen molar-refractivity contribution in [2.75, 3.05) is 0 Å². The number of aromatic nitrogens is 2. The Hall–Kier alpha value is -3.64. The lowest BCUT2D eigenvalue weighted by Crippen LogP contribution is -2.11. The van der Waals surface area contributed by atoms with E-state index >= 15 is 0 Å². The molecule has 4 rings (SSSR count). The average molecular weight is 437 g/mol. The Kier molecular flexibility index (Phi) is 5.25. The molecule has 1 N–H and O–H groups in total. The van der Waals surface area contributed by atoms with Gasteiger partial charge in [-0.1, -0.05) is 6.07 Å². The molecule has 3 aromatic rings. The van der Waals surface area contributed by atoms with Crippen LogP contribution in [0.3, 0.4) is 0 Å². The Bertz CT molecular complexity index is 1330. The molecule has 1 aliphatic carbocycles. The zero-order valence-corrected chi connectivity index (χ0v) is 16.9. The minimum absolute atomic E-state index is 0.0577. The van der Waals surface area contributed by atoms with Crippen molar-refractivity contribution < 1.29 is 22.7 Å². The monoisotopic (exact) mass is 437 g/mol. The van der Waals surface area contributed by atoms with Crippen LogP contribution in [0.4, 0.5) is 4.39 Å². The van der Waals surface area contributed by atoms with Gasteiger partial charge in [-0.2, -0.15) is 5.26 Å². The highest BCUT2D eigenvalue weighted by Gasteiger charge is 2.32. The van der Waals surface area contributed by atoms with E-state index in [9.17, 15) is 28.0 Å². The molecule has 2 aromatic carbocycles. The van der Waals surface area contributed by atoms with Gasteiger partial charge in [-0.25, -0.2) is 27.6 Å². The Balaban J connectivity index is 1.85. The van der Waals surface area contributed by atoms with E-state index in [-0.39, 0.29) is 38.9 Å². The van der Waals surface area contributed by atoms with E-state index in [1.54, 1.807) is 18.2 Å². The fourth-order valence-corrected chi connectivity index (χ4v) is 5.12. The summed E-state index contributed by atoms with van der Waals surface area (Å²) in [7, 11) is -4.02. The SMILES string of the molecule is N#Cc1cc(CS(=O)(=O)c2cc(C(=O)O)ccc2C2CC2)c(-c2ncccn2)cc1F. The highest BCUT2D eigenvalue weighted by molar-refractivity contribution is 7.90. The van der Waals surface area contributed by atoms with Crippen molar-refractivity contribution in [2.24, 2.45) is 0 Å². The summed E-state index contributed by atoms with van der Waals surface area (Å²) < 4.78 is 41.1.